The van der Waals surface area contributed by atoms with Crippen LogP contribution in [0.3, 0.4) is 0 Å². The molecule has 0 saturated carbocycles. The summed E-state index contributed by atoms with van der Waals surface area (Å²) in [5, 5.41) is 16.2. The Morgan fingerprint density at radius 3 is 2.85 bits per heavy atom. The number of nitriles is 1. The first-order chi connectivity index (χ1) is 12.5. The van der Waals surface area contributed by atoms with E-state index in [1.807, 2.05) is 6.92 Å². The van der Waals surface area contributed by atoms with Crippen LogP contribution >= 0.6 is 11.3 Å². The van der Waals surface area contributed by atoms with Gasteiger partial charge in [0, 0.05) is 10.9 Å². The van der Waals surface area contributed by atoms with Crippen molar-refractivity contribution < 1.29 is 9.18 Å². The summed E-state index contributed by atoms with van der Waals surface area (Å²) in [5.74, 6) is 0.162. The number of carbonyl (C=O) groups is 1. The monoisotopic (exact) mass is 371 g/mol. The molecule has 1 aromatic heterocycles. The van der Waals surface area contributed by atoms with E-state index in [1.54, 1.807) is 12.1 Å². The highest BCUT2D eigenvalue weighted by Crippen LogP contribution is 2.39. The van der Waals surface area contributed by atoms with E-state index in [2.05, 4.69) is 23.6 Å². The van der Waals surface area contributed by atoms with Gasteiger partial charge in [0.2, 0.25) is 5.91 Å². The lowest BCUT2D eigenvalue weighted by Crippen LogP contribution is -2.30. The Kier molecular flexibility index (Phi) is 5.70. The van der Waals surface area contributed by atoms with Gasteiger partial charge < -0.3 is 10.6 Å². The number of rotatable bonds is 5. The lowest BCUT2D eigenvalue weighted by molar-refractivity contribution is -0.115. The summed E-state index contributed by atoms with van der Waals surface area (Å²) in [7, 11) is 0. The predicted octanol–water partition coefficient (Wildman–Crippen LogP) is 4.17. The van der Waals surface area contributed by atoms with Crippen LogP contribution in [0.2, 0.25) is 0 Å². The first-order valence-electron chi connectivity index (χ1n) is 8.81. The van der Waals surface area contributed by atoms with E-state index in [-0.39, 0.29) is 24.3 Å². The van der Waals surface area contributed by atoms with E-state index >= 15 is 0 Å². The van der Waals surface area contributed by atoms with Crippen LogP contribution in [-0.4, -0.2) is 12.5 Å². The summed E-state index contributed by atoms with van der Waals surface area (Å²) in [6.45, 7) is 4.27. The zero-order valence-electron chi connectivity index (χ0n) is 14.9. The lowest BCUT2D eigenvalue weighted by atomic mass is 9.89. The number of nitrogens with one attached hydrogen (secondary N) is 2. The lowest BCUT2D eigenvalue weighted by Gasteiger charge is -2.17. The van der Waals surface area contributed by atoms with Gasteiger partial charge >= 0.3 is 0 Å². The molecule has 4 nitrogen and oxygen atoms in total. The van der Waals surface area contributed by atoms with Gasteiger partial charge in [-0.2, -0.15) is 5.26 Å². The second-order valence-electron chi connectivity index (χ2n) is 6.87. The first-order valence-corrected chi connectivity index (χ1v) is 9.63. The predicted molar refractivity (Wildman–Crippen MR) is 102 cm³/mol. The molecule has 2 N–H and O–H groups in total. The second kappa shape index (κ2) is 7.98. The number of halogens is 1. The molecule has 1 amide bonds. The zero-order valence-corrected chi connectivity index (χ0v) is 15.8. The Hall–Kier alpha value is -2.23. The molecule has 136 valence electrons. The maximum atomic E-state index is 13.0. The highest BCUT2D eigenvalue weighted by Gasteiger charge is 2.24. The third-order valence-electron chi connectivity index (χ3n) is 4.82. The number of hydrogen-bond acceptors (Lipinski definition) is 4. The summed E-state index contributed by atoms with van der Waals surface area (Å²) in [6, 6.07) is 8.40. The smallest absolute Gasteiger partial charge is 0.238 e. The van der Waals surface area contributed by atoms with E-state index in [4.69, 9.17) is 0 Å². The van der Waals surface area contributed by atoms with Crippen molar-refractivity contribution in [1.82, 2.24) is 5.32 Å². The van der Waals surface area contributed by atoms with Crippen molar-refractivity contribution in [3.63, 3.8) is 0 Å². The van der Waals surface area contributed by atoms with Crippen molar-refractivity contribution in [1.29, 1.82) is 5.26 Å². The molecule has 1 aromatic carbocycles. The van der Waals surface area contributed by atoms with E-state index in [9.17, 15) is 14.4 Å². The van der Waals surface area contributed by atoms with Crippen molar-refractivity contribution in [3.8, 4) is 6.07 Å². The van der Waals surface area contributed by atoms with E-state index in [0.717, 1.165) is 30.4 Å². The van der Waals surface area contributed by atoms with Gasteiger partial charge in [0.05, 0.1) is 12.1 Å². The molecule has 26 heavy (non-hydrogen) atoms. The minimum atomic E-state index is -0.279. The third-order valence-corrected chi connectivity index (χ3v) is 5.99. The van der Waals surface area contributed by atoms with Gasteiger partial charge in [-0.3, -0.25) is 4.79 Å². The Morgan fingerprint density at radius 1 is 1.42 bits per heavy atom. The number of fused-ring (bicyclic) bond motifs is 1. The zero-order chi connectivity index (χ0) is 18.7. The molecule has 6 heteroatoms. The molecular weight excluding hydrogens is 349 g/mol. The van der Waals surface area contributed by atoms with Crippen LogP contribution in [0.1, 0.15) is 47.9 Å². The molecule has 1 aliphatic carbocycles. The SMILES string of the molecule is C[C@H]1CCc2c(sc(NC(=O)CN[C@H](C)c3ccc(F)cc3)c2C#N)C1. The van der Waals surface area contributed by atoms with E-state index in [1.165, 1.54) is 28.3 Å². The molecule has 3 rings (SSSR count). The number of thiophene rings is 1. The maximum Gasteiger partial charge on any atom is 0.238 e. The quantitative estimate of drug-likeness (QED) is 0.829. The van der Waals surface area contributed by atoms with Crippen LogP contribution in [0.15, 0.2) is 24.3 Å². The van der Waals surface area contributed by atoms with Crippen LogP contribution in [-0.2, 0) is 17.6 Å². The fraction of sp³-hybridized carbons (Fsp3) is 0.400. The van der Waals surface area contributed by atoms with E-state index in [0.29, 0.717) is 16.5 Å². The van der Waals surface area contributed by atoms with Gasteiger partial charge in [0.1, 0.15) is 16.9 Å². The van der Waals surface area contributed by atoms with Crippen molar-refractivity contribution in [3.05, 3.63) is 51.7 Å². The van der Waals surface area contributed by atoms with Crippen LogP contribution in [0.4, 0.5) is 9.39 Å². The van der Waals surface area contributed by atoms with Gasteiger partial charge in [-0.1, -0.05) is 19.1 Å². The summed E-state index contributed by atoms with van der Waals surface area (Å²) >= 11 is 1.53. The molecule has 0 aliphatic heterocycles. The Balaban J connectivity index is 1.62. The summed E-state index contributed by atoms with van der Waals surface area (Å²) in [6.07, 6.45) is 2.97. The molecular formula is C20H22FN3OS. The highest BCUT2D eigenvalue weighted by molar-refractivity contribution is 7.16. The second-order valence-corrected chi connectivity index (χ2v) is 7.98. The topological polar surface area (TPSA) is 64.9 Å². The summed E-state index contributed by atoms with van der Waals surface area (Å²) in [5.41, 5.74) is 2.65. The summed E-state index contributed by atoms with van der Waals surface area (Å²) in [4.78, 5) is 13.5. The van der Waals surface area contributed by atoms with Crippen LogP contribution < -0.4 is 10.6 Å². The van der Waals surface area contributed by atoms with Crippen molar-refractivity contribution >= 4 is 22.2 Å². The third kappa shape index (κ3) is 4.12. The maximum absolute atomic E-state index is 13.0. The molecule has 2 aromatic rings. The average Bonchev–Trinajstić information content (AvgIpc) is 2.96. The van der Waals surface area contributed by atoms with Gasteiger partial charge in [-0.25, -0.2) is 4.39 Å². The number of anilines is 1. The van der Waals surface area contributed by atoms with Crippen molar-refractivity contribution in [2.75, 3.05) is 11.9 Å². The molecule has 0 radical (unpaired) electrons. The number of carbonyl (C=O) groups excluding carboxylic acids is 1. The van der Waals surface area contributed by atoms with Crippen molar-refractivity contribution in [2.45, 2.75) is 39.2 Å². The molecule has 0 bridgehead atoms. The van der Waals surface area contributed by atoms with Gasteiger partial charge in [0.25, 0.3) is 0 Å². The average molecular weight is 371 g/mol. The van der Waals surface area contributed by atoms with Crippen molar-refractivity contribution in [2.24, 2.45) is 5.92 Å². The standard InChI is InChI=1S/C20H22FN3OS/c1-12-3-8-16-17(10-22)20(26-18(16)9-12)24-19(25)11-23-13(2)14-4-6-15(21)7-5-14/h4-7,12-13,23H,3,8-9,11H2,1-2H3,(H,24,25)/t12-,13+/m0/s1. The molecule has 0 unspecified atom stereocenters. The Labute approximate surface area is 157 Å². The number of amides is 1. The van der Waals surface area contributed by atoms with Crippen LogP contribution in [0.25, 0.3) is 0 Å². The fourth-order valence-electron chi connectivity index (χ4n) is 3.24. The Morgan fingerprint density at radius 2 is 2.15 bits per heavy atom. The highest BCUT2D eigenvalue weighted by atomic mass is 32.1. The summed E-state index contributed by atoms with van der Waals surface area (Å²) < 4.78 is 13.0. The fourth-order valence-corrected chi connectivity index (χ4v) is 4.62. The number of hydrogen-bond donors (Lipinski definition) is 2. The molecule has 1 aliphatic rings. The molecule has 0 fully saturated rings. The minimum Gasteiger partial charge on any atom is -0.315 e. The van der Waals surface area contributed by atoms with Crippen LogP contribution in [0, 0.1) is 23.1 Å². The van der Waals surface area contributed by atoms with Crippen LogP contribution in [0.5, 0.6) is 0 Å². The molecule has 0 spiro atoms. The van der Waals surface area contributed by atoms with Gasteiger partial charge in [0.15, 0.2) is 0 Å². The largest absolute Gasteiger partial charge is 0.315 e. The van der Waals surface area contributed by atoms with Gasteiger partial charge in [-0.05, 0) is 55.4 Å². The van der Waals surface area contributed by atoms with E-state index < -0.39 is 0 Å². The normalized spacial score (nSPS) is 17.2. The molecule has 2 atom stereocenters. The number of nitrogens with zero attached hydrogens (tertiary/aromatic N) is 1. The van der Waals surface area contributed by atoms with Gasteiger partial charge in [-0.15, -0.1) is 11.3 Å². The first kappa shape index (κ1) is 18.6. The minimum absolute atomic E-state index is 0.0748. The molecule has 0 saturated heterocycles. The Bertz CT molecular complexity index is 838. The molecule has 1 heterocycles. The number of benzene rings is 1.